The third kappa shape index (κ3) is 3.89. The molecule has 140 valence electrons. The van der Waals surface area contributed by atoms with Gasteiger partial charge in [-0.3, -0.25) is 4.90 Å². The number of carboxylic acid groups (broad SMARTS) is 1. The fourth-order valence-electron chi connectivity index (χ4n) is 3.58. The number of carbonyl (C=O) groups is 1. The molecule has 1 fully saturated rings. The van der Waals surface area contributed by atoms with Crippen molar-refractivity contribution in [1.29, 1.82) is 0 Å². The topological polar surface area (TPSA) is 87.8 Å². The molecule has 2 aromatic rings. The number of likely N-dealkylation sites (tertiary alicyclic amines) is 1. The van der Waals surface area contributed by atoms with E-state index in [1.807, 2.05) is 23.9 Å². The second-order valence-electron chi connectivity index (χ2n) is 6.79. The van der Waals surface area contributed by atoms with Gasteiger partial charge in [-0.15, -0.1) is 0 Å². The highest BCUT2D eigenvalue weighted by Gasteiger charge is 2.28. The van der Waals surface area contributed by atoms with Crippen LogP contribution in [0.5, 0.6) is 5.75 Å². The first-order valence-electron chi connectivity index (χ1n) is 8.77. The summed E-state index contributed by atoms with van der Waals surface area (Å²) < 4.78 is 6.97. The Bertz CT molecular complexity index is 766. The number of imidazole rings is 1. The first-order valence-corrected chi connectivity index (χ1v) is 8.77. The predicted molar refractivity (Wildman–Crippen MR) is 96.1 cm³/mol. The monoisotopic (exact) mass is 359 g/mol. The maximum atomic E-state index is 11.4. The van der Waals surface area contributed by atoms with Crippen LogP contribution in [0.3, 0.4) is 0 Å². The smallest absolute Gasteiger partial charge is 0.339 e. The predicted octanol–water partition coefficient (Wildman–Crippen LogP) is 2.07. The van der Waals surface area contributed by atoms with Crippen LogP contribution >= 0.6 is 0 Å². The largest absolute Gasteiger partial charge is 0.496 e. The van der Waals surface area contributed by atoms with Crippen LogP contribution in [-0.2, 0) is 13.6 Å². The lowest BCUT2D eigenvalue weighted by Gasteiger charge is -2.34. The van der Waals surface area contributed by atoms with Gasteiger partial charge in [0.25, 0.3) is 0 Å². The number of carboxylic acids is 1. The first kappa shape index (κ1) is 18.4. The van der Waals surface area contributed by atoms with Crippen molar-refractivity contribution in [3.05, 3.63) is 47.5 Å². The summed E-state index contributed by atoms with van der Waals surface area (Å²) in [5.41, 5.74) is 1.14. The van der Waals surface area contributed by atoms with Gasteiger partial charge in [0.15, 0.2) is 0 Å². The number of aryl methyl sites for hydroxylation is 1. The van der Waals surface area contributed by atoms with Crippen molar-refractivity contribution >= 4 is 5.97 Å². The molecule has 26 heavy (non-hydrogen) atoms. The molecule has 1 aliphatic heterocycles. The summed E-state index contributed by atoms with van der Waals surface area (Å²) >= 11 is 0. The molecule has 0 saturated carbocycles. The molecule has 7 nitrogen and oxygen atoms in total. The number of aromatic nitrogens is 2. The van der Waals surface area contributed by atoms with Crippen LogP contribution < -0.4 is 4.74 Å². The van der Waals surface area contributed by atoms with Crippen molar-refractivity contribution in [2.75, 3.05) is 20.2 Å². The van der Waals surface area contributed by atoms with Gasteiger partial charge in [0.05, 0.1) is 7.11 Å². The summed E-state index contributed by atoms with van der Waals surface area (Å²) in [7, 11) is 3.36. The van der Waals surface area contributed by atoms with E-state index >= 15 is 0 Å². The van der Waals surface area contributed by atoms with E-state index in [1.54, 1.807) is 18.3 Å². The Morgan fingerprint density at radius 1 is 1.38 bits per heavy atom. The van der Waals surface area contributed by atoms with Crippen LogP contribution in [0.25, 0.3) is 0 Å². The molecule has 3 rings (SSSR count). The van der Waals surface area contributed by atoms with E-state index < -0.39 is 12.1 Å². The van der Waals surface area contributed by atoms with E-state index in [0.29, 0.717) is 18.1 Å². The highest BCUT2D eigenvalue weighted by Crippen LogP contribution is 2.30. The lowest BCUT2D eigenvalue weighted by atomic mass is 9.90. The Morgan fingerprint density at radius 3 is 2.69 bits per heavy atom. The minimum atomic E-state index is -0.986. The molecule has 0 radical (unpaired) electrons. The van der Waals surface area contributed by atoms with Crippen LogP contribution in [0.15, 0.2) is 30.6 Å². The normalized spacial score (nSPS) is 17.2. The zero-order valence-corrected chi connectivity index (χ0v) is 15.1. The van der Waals surface area contributed by atoms with Crippen molar-refractivity contribution in [3.8, 4) is 5.75 Å². The van der Waals surface area contributed by atoms with Crippen LogP contribution in [0.1, 0.15) is 40.7 Å². The maximum absolute atomic E-state index is 11.4. The van der Waals surface area contributed by atoms with E-state index in [-0.39, 0.29) is 11.5 Å². The third-order valence-corrected chi connectivity index (χ3v) is 5.10. The van der Waals surface area contributed by atoms with Crippen LogP contribution in [-0.4, -0.2) is 50.8 Å². The average Bonchev–Trinajstić information content (AvgIpc) is 3.07. The molecule has 1 aromatic carbocycles. The minimum absolute atomic E-state index is 0.185. The van der Waals surface area contributed by atoms with Gasteiger partial charge in [0.2, 0.25) is 0 Å². The maximum Gasteiger partial charge on any atom is 0.339 e. The van der Waals surface area contributed by atoms with E-state index in [4.69, 9.17) is 4.74 Å². The molecule has 1 aliphatic rings. The zero-order chi connectivity index (χ0) is 18.7. The molecule has 0 spiro atoms. The lowest BCUT2D eigenvalue weighted by molar-refractivity contribution is 0.0491. The summed E-state index contributed by atoms with van der Waals surface area (Å²) in [6, 6.07) is 5.28. The number of ether oxygens (including phenoxy) is 1. The van der Waals surface area contributed by atoms with Gasteiger partial charge in [0, 0.05) is 26.0 Å². The van der Waals surface area contributed by atoms with Crippen molar-refractivity contribution in [3.63, 3.8) is 0 Å². The quantitative estimate of drug-likeness (QED) is 0.821. The molecule has 1 atom stereocenters. The summed E-state index contributed by atoms with van der Waals surface area (Å²) in [5, 5.41) is 19.9. The molecule has 0 aliphatic carbocycles. The Kier molecular flexibility index (Phi) is 5.58. The second kappa shape index (κ2) is 7.88. The van der Waals surface area contributed by atoms with E-state index in [0.717, 1.165) is 31.5 Å². The number of hydrogen-bond donors (Lipinski definition) is 2. The van der Waals surface area contributed by atoms with Crippen LogP contribution in [0, 0.1) is 5.92 Å². The van der Waals surface area contributed by atoms with E-state index in [1.165, 1.54) is 7.11 Å². The molecule has 0 unspecified atom stereocenters. The lowest BCUT2D eigenvalue weighted by Crippen LogP contribution is -2.35. The van der Waals surface area contributed by atoms with Crippen molar-refractivity contribution < 1.29 is 19.7 Å². The van der Waals surface area contributed by atoms with Gasteiger partial charge in [-0.2, -0.15) is 0 Å². The molecule has 1 saturated heterocycles. The van der Waals surface area contributed by atoms with Gasteiger partial charge in [-0.1, -0.05) is 6.07 Å². The van der Waals surface area contributed by atoms with Crippen LogP contribution in [0.4, 0.5) is 0 Å². The van der Waals surface area contributed by atoms with Gasteiger partial charge >= 0.3 is 5.97 Å². The number of nitrogens with zero attached hydrogens (tertiary/aromatic N) is 3. The number of hydrogen-bond acceptors (Lipinski definition) is 5. The number of piperidine rings is 1. The second-order valence-corrected chi connectivity index (χ2v) is 6.79. The molecule has 0 bridgehead atoms. The third-order valence-electron chi connectivity index (χ3n) is 5.10. The summed E-state index contributed by atoms with van der Waals surface area (Å²) in [4.78, 5) is 17.9. The van der Waals surface area contributed by atoms with Crippen molar-refractivity contribution in [1.82, 2.24) is 14.5 Å². The number of aliphatic hydroxyl groups excluding tert-OH is 1. The Hall–Kier alpha value is -2.38. The molecule has 2 heterocycles. The molecular formula is C19H25N3O4. The van der Waals surface area contributed by atoms with Gasteiger partial charge in [0.1, 0.15) is 23.2 Å². The number of aromatic carboxylic acids is 1. The average molecular weight is 359 g/mol. The van der Waals surface area contributed by atoms with Crippen LogP contribution in [0.2, 0.25) is 0 Å². The Morgan fingerprint density at radius 2 is 2.12 bits per heavy atom. The summed E-state index contributed by atoms with van der Waals surface area (Å²) in [6.45, 7) is 2.41. The first-order chi connectivity index (χ1) is 12.5. The Balaban J connectivity index is 1.60. The molecule has 0 amide bonds. The minimum Gasteiger partial charge on any atom is -0.496 e. The van der Waals surface area contributed by atoms with E-state index in [9.17, 15) is 15.0 Å². The van der Waals surface area contributed by atoms with E-state index in [2.05, 4.69) is 9.88 Å². The zero-order valence-electron chi connectivity index (χ0n) is 15.1. The van der Waals surface area contributed by atoms with Gasteiger partial charge < -0.3 is 19.5 Å². The summed E-state index contributed by atoms with van der Waals surface area (Å²) in [5.74, 6) is 0.293. The van der Waals surface area contributed by atoms with Gasteiger partial charge in [-0.05, 0) is 49.5 Å². The molecule has 2 N–H and O–H groups in total. The number of methoxy groups -OCH3 is 1. The highest BCUT2D eigenvalue weighted by atomic mass is 16.5. The summed E-state index contributed by atoms with van der Waals surface area (Å²) in [6.07, 6.45) is 4.78. The number of benzene rings is 1. The number of rotatable bonds is 6. The van der Waals surface area contributed by atoms with Gasteiger partial charge in [-0.25, -0.2) is 9.78 Å². The molecular weight excluding hydrogens is 334 g/mol. The number of aliphatic hydroxyl groups is 1. The van der Waals surface area contributed by atoms with Crippen molar-refractivity contribution in [2.24, 2.45) is 13.0 Å². The Labute approximate surface area is 152 Å². The van der Waals surface area contributed by atoms with Crippen molar-refractivity contribution in [2.45, 2.75) is 25.5 Å². The fraction of sp³-hybridized carbons (Fsp3) is 0.474. The molecule has 1 aromatic heterocycles. The SMILES string of the molecule is COc1ccc(CN2CCC([C@H](O)c3nccn3C)CC2)cc1C(=O)O. The standard InChI is InChI=1S/C19H25N3O4/c1-21-10-7-20-18(21)17(23)14-5-8-22(9-6-14)12-13-3-4-16(26-2)15(11-13)19(24)25/h3-4,7,10-11,14,17,23H,5-6,8-9,12H2,1-2H3,(H,24,25)/t17-/m0/s1. The molecule has 7 heteroatoms. The fourth-order valence-corrected chi connectivity index (χ4v) is 3.58. The highest BCUT2D eigenvalue weighted by molar-refractivity contribution is 5.91.